The summed E-state index contributed by atoms with van der Waals surface area (Å²) in [7, 11) is 1.58. The average Bonchev–Trinajstić information content (AvgIpc) is 2.54. The molecule has 0 radical (unpaired) electrons. The Morgan fingerprint density at radius 1 is 1.21 bits per heavy atom. The number of carbonyl (C=O) groups is 1. The summed E-state index contributed by atoms with van der Waals surface area (Å²) in [4.78, 5) is 11.8. The number of nitrogens with one attached hydrogen (secondary N) is 1. The molecule has 0 saturated carbocycles. The van der Waals surface area contributed by atoms with Gasteiger partial charge in [-0.2, -0.15) is 5.10 Å². The summed E-state index contributed by atoms with van der Waals surface area (Å²) < 4.78 is 11.6. The summed E-state index contributed by atoms with van der Waals surface area (Å²) in [5, 5.41) is 3.93. The summed E-state index contributed by atoms with van der Waals surface area (Å²) in [6.45, 7) is 3.85. The number of hydrazone groups is 1. The van der Waals surface area contributed by atoms with Gasteiger partial charge >= 0.3 is 0 Å². The second-order valence-electron chi connectivity index (χ2n) is 5.24. The Morgan fingerprint density at radius 3 is 2.67 bits per heavy atom. The van der Waals surface area contributed by atoms with E-state index in [9.17, 15) is 4.79 Å². The number of hydrogen-bond donors (Lipinski definition) is 1. The molecular weight excluding hydrogens is 372 g/mol. The van der Waals surface area contributed by atoms with Crippen molar-refractivity contribution < 1.29 is 14.3 Å². The van der Waals surface area contributed by atoms with Crippen LogP contribution in [-0.4, -0.2) is 25.8 Å². The highest BCUT2D eigenvalue weighted by atomic mass is 79.9. The first-order chi connectivity index (χ1) is 11.5. The van der Waals surface area contributed by atoms with Crippen molar-refractivity contribution in [1.82, 2.24) is 5.43 Å². The van der Waals surface area contributed by atoms with Crippen LogP contribution >= 0.6 is 15.9 Å². The minimum absolute atomic E-state index is 0.100. The Kier molecular flexibility index (Phi) is 6.37. The fraction of sp³-hybridized carbons (Fsp3) is 0.222. The fourth-order valence-corrected chi connectivity index (χ4v) is 2.50. The maximum absolute atomic E-state index is 11.8. The molecule has 0 saturated heterocycles. The van der Waals surface area contributed by atoms with Crippen LogP contribution in [0.1, 0.15) is 16.7 Å². The van der Waals surface area contributed by atoms with Crippen molar-refractivity contribution in [2.75, 3.05) is 13.7 Å². The van der Waals surface area contributed by atoms with E-state index < -0.39 is 0 Å². The molecule has 0 aliphatic carbocycles. The highest BCUT2D eigenvalue weighted by Crippen LogP contribution is 2.21. The Bertz CT molecular complexity index is 760. The van der Waals surface area contributed by atoms with E-state index in [2.05, 4.69) is 26.5 Å². The zero-order valence-corrected chi connectivity index (χ0v) is 15.4. The third-order valence-corrected chi connectivity index (χ3v) is 3.77. The molecule has 5 nitrogen and oxygen atoms in total. The molecule has 0 fully saturated rings. The van der Waals surface area contributed by atoms with Crippen molar-refractivity contribution >= 4 is 28.1 Å². The molecule has 2 rings (SSSR count). The lowest BCUT2D eigenvalue weighted by Crippen LogP contribution is -2.24. The zero-order chi connectivity index (χ0) is 17.5. The molecule has 0 aromatic heterocycles. The van der Waals surface area contributed by atoms with Gasteiger partial charge in [-0.3, -0.25) is 4.79 Å². The first-order valence-corrected chi connectivity index (χ1v) is 8.14. The van der Waals surface area contributed by atoms with E-state index in [1.807, 2.05) is 50.2 Å². The highest BCUT2D eigenvalue weighted by Gasteiger charge is 2.05. The van der Waals surface area contributed by atoms with Gasteiger partial charge in [0.15, 0.2) is 6.61 Å². The lowest BCUT2D eigenvalue weighted by molar-refractivity contribution is -0.123. The summed E-state index contributed by atoms with van der Waals surface area (Å²) >= 11 is 3.38. The van der Waals surface area contributed by atoms with Gasteiger partial charge in [0.25, 0.3) is 5.91 Å². The van der Waals surface area contributed by atoms with Crippen molar-refractivity contribution in [2.24, 2.45) is 5.10 Å². The Labute approximate surface area is 149 Å². The molecule has 0 bridgehead atoms. The van der Waals surface area contributed by atoms with Gasteiger partial charge in [-0.25, -0.2) is 5.43 Å². The summed E-state index contributed by atoms with van der Waals surface area (Å²) in [6, 6.07) is 11.3. The monoisotopic (exact) mass is 390 g/mol. The van der Waals surface area contributed by atoms with Crippen molar-refractivity contribution in [3.8, 4) is 11.5 Å². The number of carbonyl (C=O) groups excluding carboxylic acids is 1. The standard InChI is InChI=1S/C18H19BrN2O3/c1-12-4-6-16(13(2)8-12)24-11-18(22)21-20-10-14-9-15(19)5-7-17(14)23-3/h4-10H,11H2,1-3H3,(H,21,22). The Morgan fingerprint density at radius 2 is 1.96 bits per heavy atom. The molecule has 1 N–H and O–H groups in total. The van der Waals surface area contributed by atoms with Crippen LogP contribution in [0.15, 0.2) is 46.0 Å². The number of aryl methyl sites for hydroxylation is 2. The number of hydrogen-bond acceptors (Lipinski definition) is 4. The molecule has 24 heavy (non-hydrogen) atoms. The van der Waals surface area contributed by atoms with Gasteiger partial charge in [-0.05, 0) is 43.7 Å². The number of ether oxygens (including phenoxy) is 2. The van der Waals surface area contributed by atoms with Crippen molar-refractivity contribution in [2.45, 2.75) is 13.8 Å². The molecule has 0 aliphatic heterocycles. The van der Waals surface area contributed by atoms with E-state index in [1.165, 1.54) is 6.21 Å². The number of methoxy groups -OCH3 is 1. The molecule has 0 atom stereocenters. The van der Waals surface area contributed by atoms with Gasteiger partial charge in [0, 0.05) is 10.0 Å². The molecule has 0 heterocycles. The van der Waals surface area contributed by atoms with Crippen molar-refractivity contribution in [3.05, 3.63) is 57.6 Å². The summed E-state index contributed by atoms with van der Waals surface area (Å²) in [6.07, 6.45) is 1.53. The lowest BCUT2D eigenvalue weighted by atomic mass is 10.1. The zero-order valence-electron chi connectivity index (χ0n) is 13.8. The van der Waals surface area contributed by atoms with Gasteiger partial charge in [0.05, 0.1) is 13.3 Å². The third-order valence-electron chi connectivity index (χ3n) is 3.27. The topological polar surface area (TPSA) is 59.9 Å². The summed E-state index contributed by atoms with van der Waals surface area (Å²) in [5.74, 6) is 1.02. The predicted molar refractivity (Wildman–Crippen MR) is 97.8 cm³/mol. The molecule has 2 aromatic rings. The van der Waals surface area contributed by atoms with Crippen LogP contribution < -0.4 is 14.9 Å². The van der Waals surface area contributed by atoms with Crippen molar-refractivity contribution in [1.29, 1.82) is 0 Å². The number of rotatable bonds is 6. The Hall–Kier alpha value is -2.34. The third kappa shape index (κ3) is 5.09. The van der Waals surface area contributed by atoms with Gasteiger partial charge in [0.2, 0.25) is 0 Å². The quantitative estimate of drug-likeness (QED) is 0.605. The molecule has 126 valence electrons. The molecule has 6 heteroatoms. The van der Waals surface area contributed by atoms with E-state index in [1.54, 1.807) is 7.11 Å². The van der Waals surface area contributed by atoms with E-state index in [0.717, 1.165) is 21.2 Å². The first-order valence-electron chi connectivity index (χ1n) is 7.35. The minimum atomic E-state index is -0.333. The van der Waals surface area contributed by atoms with Gasteiger partial charge in [-0.1, -0.05) is 33.6 Å². The van der Waals surface area contributed by atoms with E-state index in [0.29, 0.717) is 11.5 Å². The van der Waals surface area contributed by atoms with E-state index >= 15 is 0 Å². The van der Waals surface area contributed by atoms with Crippen LogP contribution in [0.25, 0.3) is 0 Å². The van der Waals surface area contributed by atoms with Gasteiger partial charge in [0.1, 0.15) is 11.5 Å². The molecule has 2 aromatic carbocycles. The number of halogens is 1. The molecule has 0 spiro atoms. The maximum Gasteiger partial charge on any atom is 0.277 e. The van der Waals surface area contributed by atoms with Crippen LogP contribution in [0.2, 0.25) is 0 Å². The van der Waals surface area contributed by atoms with Gasteiger partial charge in [-0.15, -0.1) is 0 Å². The van der Waals surface area contributed by atoms with Crippen LogP contribution in [-0.2, 0) is 4.79 Å². The molecule has 0 unspecified atom stereocenters. The molecular formula is C18H19BrN2O3. The number of benzene rings is 2. The molecule has 1 amide bonds. The van der Waals surface area contributed by atoms with E-state index in [4.69, 9.17) is 9.47 Å². The first kappa shape index (κ1) is 18.0. The van der Waals surface area contributed by atoms with Crippen LogP contribution in [0.4, 0.5) is 0 Å². The van der Waals surface area contributed by atoms with Crippen LogP contribution in [0, 0.1) is 13.8 Å². The van der Waals surface area contributed by atoms with E-state index in [-0.39, 0.29) is 12.5 Å². The molecule has 0 aliphatic rings. The van der Waals surface area contributed by atoms with Crippen molar-refractivity contribution in [3.63, 3.8) is 0 Å². The number of nitrogens with zero attached hydrogens (tertiary/aromatic N) is 1. The Balaban J connectivity index is 1.90. The second-order valence-corrected chi connectivity index (χ2v) is 6.15. The maximum atomic E-state index is 11.8. The fourth-order valence-electron chi connectivity index (χ4n) is 2.12. The van der Waals surface area contributed by atoms with Gasteiger partial charge < -0.3 is 9.47 Å². The second kappa shape index (κ2) is 8.49. The lowest BCUT2D eigenvalue weighted by Gasteiger charge is -2.08. The predicted octanol–water partition coefficient (Wildman–Crippen LogP) is 3.60. The summed E-state index contributed by atoms with van der Waals surface area (Å²) in [5.41, 5.74) is 5.33. The minimum Gasteiger partial charge on any atom is -0.496 e. The SMILES string of the molecule is COc1ccc(Br)cc1C=NNC(=O)COc1ccc(C)cc1C. The smallest absolute Gasteiger partial charge is 0.277 e. The highest BCUT2D eigenvalue weighted by molar-refractivity contribution is 9.10. The number of amides is 1. The average molecular weight is 391 g/mol. The normalized spacial score (nSPS) is 10.7. The van der Waals surface area contributed by atoms with Crippen LogP contribution in [0.5, 0.6) is 11.5 Å². The van der Waals surface area contributed by atoms with Crippen LogP contribution in [0.3, 0.4) is 0 Å². The largest absolute Gasteiger partial charge is 0.496 e.